The maximum Gasteiger partial charge on any atom is 0.107 e. The Hall–Kier alpha value is -0.570. The standard InChI is InChI=1S/C19H31ClO2/c1-5-6-7-8-9-14(2)17-11-10-15(12-16(17)13-20)18(21)19(3,4)22/h10-12,14,18,21-22H,5-9,13H2,1-4H3/t14-,18?/m0/s1. The zero-order valence-corrected chi connectivity index (χ0v) is 15.2. The SMILES string of the molecule is CCCCCC[C@H](C)c1ccc(C(O)C(C)(C)O)cc1CCl. The van der Waals surface area contributed by atoms with Crippen molar-refractivity contribution in [1.29, 1.82) is 0 Å². The molecule has 2 atom stereocenters. The highest BCUT2D eigenvalue weighted by Gasteiger charge is 2.26. The van der Waals surface area contributed by atoms with Crippen molar-refractivity contribution in [2.45, 2.75) is 83.3 Å². The molecule has 3 heteroatoms. The van der Waals surface area contributed by atoms with Crippen molar-refractivity contribution in [3.05, 3.63) is 34.9 Å². The van der Waals surface area contributed by atoms with E-state index in [1.807, 2.05) is 12.1 Å². The minimum absolute atomic E-state index is 0.432. The van der Waals surface area contributed by atoms with Crippen molar-refractivity contribution in [2.24, 2.45) is 0 Å². The Bertz CT molecular complexity index is 451. The fourth-order valence-electron chi connectivity index (χ4n) is 2.83. The summed E-state index contributed by atoms with van der Waals surface area (Å²) in [5.41, 5.74) is 1.89. The van der Waals surface area contributed by atoms with Gasteiger partial charge in [0.05, 0.1) is 5.60 Å². The Labute approximate surface area is 140 Å². The molecule has 1 aromatic carbocycles. The molecule has 1 aromatic rings. The average Bonchev–Trinajstić information content (AvgIpc) is 2.49. The Morgan fingerprint density at radius 1 is 1.18 bits per heavy atom. The molecule has 0 spiro atoms. The van der Waals surface area contributed by atoms with E-state index < -0.39 is 11.7 Å². The van der Waals surface area contributed by atoms with Crippen molar-refractivity contribution >= 4 is 11.6 Å². The molecule has 0 saturated heterocycles. The van der Waals surface area contributed by atoms with Gasteiger partial charge in [0.2, 0.25) is 0 Å². The molecule has 0 saturated carbocycles. The molecule has 0 amide bonds. The van der Waals surface area contributed by atoms with Gasteiger partial charge in [-0.05, 0) is 42.9 Å². The van der Waals surface area contributed by atoms with E-state index in [0.29, 0.717) is 11.8 Å². The summed E-state index contributed by atoms with van der Waals surface area (Å²) in [7, 11) is 0. The van der Waals surface area contributed by atoms with Crippen LogP contribution in [0.2, 0.25) is 0 Å². The first-order chi connectivity index (χ1) is 10.3. The fourth-order valence-corrected chi connectivity index (χ4v) is 3.06. The van der Waals surface area contributed by atoms with Crippen molar-refractivity contribution < 1.29 is 10.2 Å². The molecular weight excluding hydrogens is 296 g/mol. The lowest BCUT2D eigenvalue weighted by Gasteiger charge is -2.26. The molecule has 0 bridgehead atoms. The van der Waals surface area contributed by atoms with E-state index in [4.69, 9.17) is 11.6 Å². The van der Waals surface area contributed by atoms with Crippen molar-refractivity contribution in [3.63, 3.8) is 0 Å². The van der Waals surface area contributed by atoms with E-state index in [-0.39, 0.29) is 0 Å². The number of halogens is 1. The summed E-state index contributed by atoms with van der Waals surface area (Å²) in [6.45, 7) is 7.69. The monoisotopic (exact) mass is 326 g/mol. The summed E-state index contributed by atoms with van der Waals surface area (Å²) < 4.78 is 0. The van der Waals surface area contributed by atoms with E-state index in [1.165, 1.54) is 31.2 Å². The molecule has 0 fully saturated rings. The third kappa shape index (κ3) is 5.57. The smallest absolute Gasteiger partial charge is 0.107 e. The summed E-state index contributed by atoms with van der Waals surface area (Å²) in [6, 6.07) is 5.91. The van der Waals surface area contributed by atoms with E-state index in [2.05, 4.69) is 19.9 Å². The first kappa shape index (κ1) is 19.5. The summed E-state index contributed by atoms with van der Waals surface area (Å²) >= 11 is 6.11. The van der Waals surface area contributed by atoms with E-state index >= 15 is 0 Å². The van der Waals surface area contributed by atoms with Gasteiger partial charge in [0.1, 0.15) is 6.10 Å². The third-order valence-corrected chi connectivity index (χ3v) is 4.61. The summed E-state index contributed by atoms with van der Waals surface area (Å²) in [5, 5.41) is 20.2. The van der Waals surface area contributed by atoms with Gasteiger partial charge in [-0.3, -0.25) is 0 Å². The lowest BCUT2D eigenvalue weighted by molar-refractivity contribution is -0.0497. The summed E-state index contributed by atoms with van der Waals surface area (Å²) in [6.07, 6.45) is 5.34. The molecule has 0 aliphatic carbocycles. The number of hydrogen-bond donors (Lipinski definition) is 2. The van der Waals surface area contributed by atoms with Gasteiger partial charge in [-0.25, -0.2) is 0 Å². The highest BCUT2D eigenvalue weighted by Crippen LogP contribution is 2.31. The second kappa shape index (κ2) is 8.90. The second-order valence-corrected chi connectivity index (χ2v) is 7.17. The van der Waals surface area contributed by atoms with Crippen LogP contribution in [0.15, 0.2) is 18.2 Å². The molecule has 1 unspecified atom stereocenters. The summed E-state index contributed by atoms with van der Waals surface area (Å²) in [4.78, 5) is 0. The van der Waals surface area contributed by atoms with Gasteiger partial charge in [0.25, 0.3) is 0 Å². The molecule has 22 heavy (non-hydrogen) atoms. The Balaban J connectivity index is 2.84. The van der Waals surface area contributed by atoms with Crippen LogP contribution >= 0.6 is 11.6 Å². The van der Waals surface area contributed by atoms with Gasteiger partial charge in [-0.1, -0.05) is 57.7 Å². The number of hydrogen-bond acceptors (Lipinski definition) is 2. The third-order valence-electron chi connectivity index (χ3n) is 4.32. The van der Waals surface area contributed by atoms with Crippen LogP contribution in [-0.4, -0.2) is 15.8 Å². The van der Waals surface area contributed by atoms with Crippen molar-refractivity contribution in [1.82, 2.24) is 0 Å². The van der Waals surface area contributed by atoms with E-state index in [9.17, 15) is 10.2 Å². The second-order valence-electron chi connectivity index (χ2n) is 6.90. The van der Waals surface area contributed by atoms with Gasteiger partial charge < -0.3 is 10.2 Å². The van der Waals surface area contributed by atoms with Gasteiger partial charge in [0, 0.05) is 5.88 Å². The lowest BCUT2D eigenvalue weighted by atomic mass is 9.87. The molecule has 126 valence electrons. The van der Waals surface area contributed by atoms with Gasteiger partial charge in [0.15, 0.2) is 0 Å². The van der Waals surface area contributed by atoms with Crippen molar-refractivity contribution in [2.75, 3.05) is 0 Å². The zero-order valence-electron chi connectivity index (χ0n) is 14.4. The topological polar surface area (TPSA) is 40.5 Å². The number of aliphatic hydroxyl groups excluding tert-OH is 1. The first-order valence-corrected chi connectivity index (χ1v) is 8.93. The first-order valence-electron chi connectivity index (χ1n) is 8.40. The largest absolute Gasteiger partial charge is 0.387 e. The van der Waals surface area contributed by atoms with Crippen LogP contribution in [0.25, 0.3) is 0 Å². The Morgan fingerprint density at radius 3 is 2.41 bits per heavy atom. The molecule has 0 heterocycles. The van der Waals surface area contributed by atoms with Gasteiger partial charge in [-0.15, -0.1) is 11.6 Å². The maximum absolute atomic E-state index is 10.2. The van der Waals surface area contributed by atoms with Crippen LogP contribution in [-0.2, 0) is 5.88 Å². The van der Waals surface area contributed by atoms with Gasteiger partial charge in [-0.2, -0.15) is 0 Å². The van der Waals surface area contributed by atoms with Crippen LogP contribution < -0.4 is 0 Å². The lowest BCUT2D eigenvalue weighted by Crippen LogP contribution is -2.28. The number of aliphatic hydroxyl groups is 2. The Kier molecular flexibility index (Phi) is 7.88. The number of benzene rings is 1. The van der Waals surface area contributed by atoms with Crippen LogP contribution in [0.1, 0.15) is 88.5 Å². The number of rotatable bonds is 9. The zero-order chi connectivity index (χ0) is 16.8. The normalized spacial score (nSPS) is 14.9. The molecule has 0 aromatic heterocycles. The van der Waals surface area contributed by atoms with Crippen molar-refractivity contribution in [3.8, 4) is 0 Å². The minimum Gasteiger partial charge on any atom is -0.387 e. The van der Waals surface area contributed by atoms with Gasteiger partial charge >= 0.3 is 0 Å². The van der Waals surface area contributed by atoms with E-state index in [1.54, 1.807) is 13.8 Å². The van der Waals surface area contributed by atoms with E-state index in [0.717, 1.165) is 17.5 Å². The molecular formula is C19H31ClO2. The minimum atomic E-state index is -1.16. The molecule has 0 aliphatic rings. The molecule has 2 N–H and O–H groups in total. The predicted octanol–water partition coefficient (Wildman–Crippen LogP) is 5.30. The van der Waals surface area contributed by atoms with Crippen LogP contribution in [0.3, 0.4) is 0 Å². The van der Waals surface area contributed by atoms with Crippen LogP contribution in [0, 0.1) is 0 Å². The highest BCUT2D eigenvalue weighted by molar-refractivity contribution is 6.17. The maximum atomic E-state index is 10.2. The molecule has 0 aliphatic heterocycles. The van der Waals surface area contributed by atoms with Crippen LogP contribution in [0.4, 0.5) is 0 Å². The van der Waals surface area contributed by atoms with Crippen LogP contribution in [0.5, 0.6) is 0 Å². The Morgan fingerprint density at radius 2 is 1.86 bits per heavy atom. The molecule has 2 nitrogen and oxygen atoms in total. The quantitative estimate of drug-likeness (QED) is 0.477. The number of alkyl halides is 1. The number of unbranched alkanes of at least 4 members (excludes halogenated alkanes) is 3. The fraction of sp³-hybridized carbons (Fsp3) is 0.684. The summed E-state index contributed by atoms with van der Waals surface area (Å²) in [5.74, 6) is 0.903. The molecule has 1 rings (SSSR count). The highest BCUT2D eigenvalue weighted by atomic mass is 35.5. The predicted molar refractivity (Wildman–Crippen MR) is 94.4 cm³/mol. The molecule has 0 radical (unpaired) electrons. The average molecular weight is 327 g/mol.